The number of halogens is 4. The number of ketones is 4. The first-order valence-electron chi connectivity index (χ1n) is 14.6. The maximum Gasteiger partial charge on any atom is 0.418 e. The van der Waals surface area contributed by atoms with Crippen LogP contribution >= 0.6 is 11.6 Å². The summed E-state index contributed by atoms with van der Waals surface area (Å²) in [5.41, 5.74) is 0.270. The largest absolute Gasteiger partial charge is 0.505 e. The second kappa shape index (κ2) is 11.9. The molecule has 2 fully saturated rings. The number of amides is 3. The van der Waals surface area contributed by atoms with Gasteiger partial charge in [0.2, 0.25) is 5.91 Å². The van der Waals surface area contributed by atoms with Gasteiger partial charge >= 0.3 is 12.2 Å². The molecule has 3 amide bonds. The molecule has 256 valence electrons. The van der Waals surface area contributed by atoms with E-state index in [0.29, 0.717) is 11.8 Å². The topological polar surface area (TPSA) is 199 Å². The van der Waals surface area contributed by atoms with E-state index in [1.807, 2.05) is 0 Å². The first kappa shape index (κ1) is 34.8. The van der Waals surface area contributed by atoms with Crippen LogP contribution in [0.1, 0.15) is 27.9 Å². The maximum atomic E-state index is 14.1. The van der Waals surface area contributed by atoms with Crippen molar-refractivity contribution in [1.29, 1.82) is 0 Å². The number of carbonyl (C=O) groups excluding carboxylic acids is 6. The number of nitrogens with two attached hydrogens (primary N) is 1. The molecule has 0 heterocycles. The molecule has 2 aromatic carbocycles. The predicted octanol–water partition coefficient (Wildman–Crippen LogP) is 2.25. The molecular formula is C31H31ClF3N5O8. The summed E-state index contributed by atoms with van der Waals surface area (Å²) in [6, 6.07) is 1.48. The smallest absolute Gasteiger partial charge is 0.418 e. The molecule has 0 spiro atoms. The van der Waals surface area contributed by atoms with Crippen molar-refractivity contribution in [2.75, 3.05) is 43.7 Å². The summed E-state index contributed by atoms with van der Waals surface area (Å²) in [6.45, 7) is 0. The molecule has 0 saturated heterocycles. The highest BCUT2D eigenvalue weighted by atomic mass is 35.5. The lowest BCUT2D eigenvalue weighted by Crippen LogP contribution is -2.74. The minimum atomic E-state index is -4.88. The monoisotopic (exact) mass is 693 g/mol. The van der Waals surface area contributed by atoms with E-state index in [1.165, 1.54) is 25.1 Å². The van der Waals surface area contributed by atoms with Crippen LogP contribution in [0.3, 0.4) is 0 Å². The second-order valence-corrected chi connectivity index (χ2v) is 13.0. The lowest BCUT2D eigenvalue weighted by Gasteiger charge is -2.52. The van der Waals surface area contributed by atoms with Crippen LogP contribution in [0, 0.1) is 23.7 Å². The number of primary amides is 1. The normalized spacial score (nSPS) is 26.8. The molecule has 5 rings (SSSR count). The Hall–Kier alpha value is -4.54. The van der Waals surface area contributed by atoms with E-state index in [1.54, 1.807) is 19.0 Å². The molecule has 3 aliphatic rings. The highest BCUT2D eigenvalue weighted by molar-refractivity contribution is 6.32. The average Bonchev–Trinajstić information content (AvgIpc) is 2.96. The number of alkyl halides is 3. The van der Waals surface area contributed by atoms with Crippen molar-refractivity contribution in [2.24, 2.45) is 29.4 Å². The summed E-state index contributed by atoms with van der Waals surface area (Å²) in [4.78, 5) is 83.0. The summed E-state index contributed by atoms with van der Waals surface area (Å²) in [7, 11) is 6.12. The molecule has 6 N–H and O–H groups in total. The molecule has 2 saturated carbocycles. The van der Waals surface area contributed by atoms with Gasteiger partial charge in [0.1, 0.15) is 5.75 Å². The number of carbonyl (C=O) groups is 6. The number of hydrogen-bond donors (Lipinski definition) is 5. The number of phenols is 1. The number of phenolic OH excluding ortho intramolecular Hbond substituents is 1. The van der Waals surface area contributed by atoms with Gasteiger partial charge in [-0.3, -0.25) is 28.9 Å². The molecular weight excluding hydrogens is 663 g/mol. The summed E-state index contributed by atoms with van der Waals surface area (Å²) in [6.07, 6.45) is -5.09. The van der Waals surface area contributed by atoms with Gasteiger partial charge in [-0.25, -0.2) is 4.79 Å². The van der Waals surface area contributed by atoms with Gasteiger partial charge in [0.05, 0.1) is 34.5 Å². The van der Waals surface area contributed by atoms with E-state index in [9.17, 15) is 52.2 Å². The summed E-state index contributed by atoms with van der Waals surface area (Å²) >= 11 is 5.71. The van der Waals surface area contributed by atoms with Crippen molar-refractivity contribution in [3.63, 3.8) is 0 Å². The lowest BCUT2D eigenvalue weighted by atomic mass is 9.52. The van der Waals surface area contributed by atoms with Crippen molar-refractivity contribution in [3.8, 4) is 5.75 Å². The van der Waals surface area contributed by atoms with Gasteiger partial charge < -0.3 is 31.5 Å². The van der Waals surface area contributed by atoms with Crippen molar-refractivity contribution in [3.05, 3.63) is 46.0 Å². The summed E-state index contributed by atoms with van der Waals surface area (Å²) in [5, 5.41) is 27.1. The van der Waals surface area contributed by atoms with Crippen LogP contribution in [0.25, 0.3) is 0 Å². The van der Waals surface area contributed by atoms with E-state index >= 15 is 0 Å². The van der Waals surface area contributed by atoms with Crippen LogP contribution in [-0.2, 0) is 31.8 Å². The lowest BCUT2D eigenvalue weighted by molar-refractivity contribution is -0.181. The molecule has 48 heavy (non-hydrogen) atoms. The van der Waals surface area contributed by atoms with Crippen LogP contribution in [-0.4, -0.2) is 90.0 Å². The molecule has 0 radical (unpaired) electrons. The number of fused-ring (bicyclic) bond motifs is 3. The Balaban J connectivity index is 1.56. The first-order chi connectivity index (χ1) is 22.2. The maximum absolute atomic E-state index is 14.1. The third kappa shape index (κ3) is 5.37. The van der Waals surface area contributed by atoms with Crippen LogP contribution in [0.5, 0.6) is 5.75 Å². The SMILES string of the molecule is CN(C)c1cc(NC(=O)Nc2ccc(Cl)cc2C(F)(F)F)c(O)c2c1C[C@H]1C[C@H]3[C@H](N(C)C)C(=O)C(C(N)=O)C(=O)[C@@]3(O)C(=O)C1C2=O. The molecule has 13 nitrogen and oxygen atoms in total. The van der Waals surface area contributed by atoms with E-state index in [2.05, 4.69) is 10.6 Å². The number of likely N-dealkylation sites (N-methyl/N-ethyl adjacent to an activating group) is 1. The Bertz CT molecular complexity index is 1800. The number of nitrogens with zero attached hydrogens (tertiary/aromatic N) is 2. The summed E-state index contributed by atoms with van der Waals surface area (Å²) < 4.78 is 40.8. The molecule has 3 aliphatic carbocycles. The number of aliphatic hydroxyl groups is 1. The zero-order chi connectivity index (χ0) is 35.8. The Morgan fingerprint density at radius 1 is 1.02 bits per heavy atom. The molecule has 2 unspecified atom stereocenters. The quantitative estimate of drug-likeness (QED) is 0.229. The van der Waals surface area contributed by atoms with Gasteiger partial charge in [0, 0.05) is 30.7 Å². The zero-order valence-corrected chi connectivity index (χ0v) is 26.7. The third-order valence-electron chi connectivity index (χ3n) is 9.30. The number of urea groups is 1. The highest BCUT2D eigenvalue weighted by Crippen LogP contribution is 2.53. The average molecular weight is 694 g/mol. The molecule has 17 heteroatoms. The molecule has 0 aromatic heterocycles. The van der Waals surface area contributed by atoms with Crippen LogP contribution in [0.2, 0.25) is 5.02 Å². The number of anilines is 3. The standard InChI is InChI=1S/C31H31ClF3N5O8/c1-39(2)18-10-17(38-29(47)37-16-6-5-12(32)9-14(16)31(33,34)35)23(41)20-13(18)7-11-8-15-22(40(3)4)25(43)21(28(36)46)27(45)30(15,48)26(44)19(11)24(20)42/h5-6,9-11,15,19,21-22,41,48H,7-8H2,1-4H3,(H2,36,46)(H2,37,38,47)/t11-,15-,19?,21?,22-,30-/m0/s1. The summed E-state index contributed by atoms with van der Waals surface area (Å²) in [5.74, 6) is -12.7. The Kier molecular flexibility index (Phi) is 8.59. The number of nitrogens with one attached hydrogen (secondary N) is 2. The fraction of sp³-hybridized carbons (Fsp3) is 0.419. The number of benzene rings is 2. The fourth-order valence-corrected chi connectivity index (χ4v) is 7.45. The van der Waals surface area contributed by atoms with Crippen molar-refractivity contribution in [2.45, 2.75) is 30.7 Å². The van der Waals surface area contributed by atoms with Gasteiger partial charge in [-0.05, 0) is 62.7 Å². The van der Waals surface area contributed by atoms with Crippen molar-refractivity contribution < 1.29 is 52.2 Å². The number of aromatic hydroxyl groups is 1. The molecule has 2 aromatic rings. The molecule has 0 aliphatic heterocycles. The highest BCUT2D eigenvalue weighted by Gasteiger charge is 2.69. The third-order valence-corrected chi connectivity index (χ3v) is 9.54. The van der Waals surface area contributed by atoms with E-state index in [0.717, 1.165) is 12.1 Å². The Labute approximate surface area is 276 Å². The first-order valence-corrected chi connectivity index (χ1v) is 14.9. The van der Waals surface area contributed by atoms with Gasteiger partial charge in [-0.15, -0.1) is 0 Å². The van der Waals surface area contributed by atoms with Gasteiger partial charge in [-0.2, -0.15) is 13.2 Å². The van der Waals surface area contributed by atoms with Crippen LogP contribution in [0.4, 0.5) is 35.0 Å². The Morgan fingerprint density at radius 3 is 2.21 bits per heavy atom. The minimum absolute atomic E-state index is 0.0426. The van der Waals surface area contributed by atoms with Gasteiger partial charge in [0.15, 0.2) is 34.7 Å². The van der Waals surface area contributed by atoms with Crippen molar-refractivity contribution in [1.82, 2.24) is 4.90 Å². The fourth-order valence-electron chi connectivity index (χ4n) is 7.28. The Morgan fingerprint density at radius 2 is 1.65 bits per heavy atom. The van der Waals surface area contributed by atoms with E-state index in [-0.39, 0.29) is 23.4 Å². The van der Waals surface area contributed by atoms with Gasteiger partial charge in [-0.1, -0.05) is 11.6 Å². The number of Topliss-reactive ketones (excluding diaryl/α,β-unsaturated/α-hetero) is 4. The predicted molar refractivity (Wildman–Crippen MR) is 165 cm³/mol. The van der Waals surface area contributed by atoms with Crippen LogP contribution < -0.4 is 21.3 Å². The number of hydrogen-bond acceptors (Lipinski definition) is 10. The molecule has 0 bridgehead atoms. The minimum Gasteiger partial charge on any atom is -0.505 e. The van der Waals surface area contributed by atoms with E-state index in [4.69, 9.17) is 17.3 Å². The second-order valence-electron chi connectivity index (χ2n) is 12.6. The number of rotatable bonds is 5. The zero-order valence-electron chi connectivity index (χ0n) is 25.9. The van der Waals surface area contributed by atoms with E-state index < -0.39 is 105 Å². The van der Waals surface area contributed by atoms with Crippen molar-refractivity contribution >= 4 is 63.7 Å². The molecule has 6 atom stereocenters. The van der Waals surface area contributed by atoms with Crippen LogP contribution in [0.15, 0.2) is 24.3 Å². The van der Waals surface area contributed by atoms with Gasteiger partial charge in [0.25, 0.3) is 0 Å².